The first-order chi connectivity index (χ1) is 8.41. The number of aliphatic hydroxyl groups is 1. The van der Waals surface area contributed by atoms with Crippen molar-refractivity contribution in [1.82, 2.24) is 5.32 Å². The van der Waals surface area contributed by atoms with Crippen LogP contribution in [0.1, 0.15) is 32.6 Å². The zero-order chi connectivity index (χ0) is 13.8. The number of amides is 2. The lowest BCUT2D eigenvalue weighted by Gasteiger charge is -2.37. The molecule has 1 unspecified atom stereocenters. The van der Waals surface area contributed by atoms with E-state index in [-0.39, 0.29) is 19.0 Å². The van der Waals surface area contributed by atoms with Crippen LogP contribution in [0.3, 0.4) is 0 Å². The standard InChI is InChI=1S/C12H23N3O3/c1-8-2-4-12(7-13,5-3-8)11(18)15-6-9(16)10(14)17/h8-9,16H,2-7,13H2,1H3,(H2,14,17)(H,15,18). The van der Waals surface area contributed by atoms with Gasteiger partial charge in [-0.2, -0.15) is 0 Å². The van der Waals surface area contributed by atoms with Crippen molar-refractivity contribution in [1.29, 1.82) is 0 Å². The van der Waals surface area contributed by atoms with Crippen LogP contribution in [0.2, 0.25) is 0 Å². The van der Waals surface area contributed by atoms with E-state index in [0.717, 1.165) is 25.7 Å². The van der Waals surface area contributed by atoms with Crippen LogP contribution in [0.15, 0.2) is 0 Å². The van der Waals surface area contributed by atoms with E-state index < -0.39 is 17.4 Å². The molecule has 0 heterocycles. The molecule has 0 aromatic rings. The predicted octanol–water partition coefficient (Wildman–Crippen LogP) is -0.896. The van der Waals surface area contributed by atoms with E-state index in [9.17, 15) is 14.7 Å². The molecule has 18 heavy (non-hydrogen) atoms. The van der Waals surface area contributed by atoms with Crippen LogP contribution in [0.5, 0.6) is 0 Å². The largest absolute Gasteiger partial charge is 0.381 e. The van der Waals surface area contributed by atoms with E-state index in [2.05, 4.69) is 12.2 Å². The number of carbonyl (C=O) groups excluding carboxylic acids is 2. The van der Waals surface area contributed by atoms with Crippen molar-refractivity contribution in [2.45, 2.75) is 38.7 Å². The van der Waals surface area contributed by atoms with Gasteiger partial charge in [-0.3, -0.25) is 9.59 Å². The van der Waals surface area contributed by atoms with Gasteiger partial charge in [-0.1, -0.05) is 6.92 Å². The molecule has 6 heteroatoms. The summed E-state index contributed by atoms with van der Waals surface area (Å²) in [5.74, 6) is -0.403. The number of carbonyl (C=O) groups is 2. The van der Waals surface area contributed by atoms with Crippen molar-refractivity contribution in [3.05, 3.63) is 0 Å². The predicted molar refractivity (Wildman–Crippen MR) is 67.3 cm³/mol. The highest BCUT2D eigenvalue weighted by Crippen LogP contribution is 2.38. The highest BCUT2D eigenvalue weighted by atomic mass is 16.3. The Hall–Kier alpha value is -1.14. The third-order valence-corrected chi connectivity index (χ3v) is 3.89. The Morgan fingerprint density at radius 2 is 2.00 bits per heavy atom. The van der Waals surface area contributed by atoms with Gasteiger partial charge in [0.25, 0.3) is 0 Å². The average Bonchev–Trinajstić information content (AvgIpc) is 2.36. The lowest BCUT2D eigenvalue weighted by molar-refractivity contribution is -0.134. The fourth-order valence-electron chi connectivity index (χ4n) is 2.32. The SMILES string of the molecule is CC1CCC(CN)(C(=O)NCC(O)C(N)=O)CC1. The van der Waals surface area contributed by atoms with Gasteiger partial charge >= 0.3 is 0 Å². The molecule has 0 aliphatic heterocycles. The number of rotatable bonds is 5. The Morgan fingerprint density at radius 3 is 2.44 bits per heavy atom. The van der Waals surface area contributed by atoms with Crippen LogP contribution in [0.25, 0.3) is 0 Å². The molecular weight excluding hydrogens is 234 g/mol. The first-order valence-electron chi connectivity index (χ1n) is 6.37. The van der Waals surface area contributed by atoms with Crippen LogP contribution in [0.4, 0.5) is 0 Å². The van der Waals surface area contributed by atoms with Gasteiger partial charge < -0.3 is 21.9 Å². The first-order valence-corrected chi connectivity index (χ1v) is 6.37. The maximum atomic E-state index is 12.1. The third kappa shape index (κ3) is 3.43. The monoisotopic (exact) mass is 257 g/mol. The van der Waals surface area contributed by atoms with Gasteiger partial charge in [-0.25, -0.2) is 0 Å². The second-order valence-corrected chi connectivity index (χ2v) is 5.30. The molecule has 0 spiro atoms. The van der Waals surface area contributed by atoms with Crippen molar-refractivity contribution < 1.29 is 14.7 Å². The summed E-state index contributed by atoms with van der Waals surface area (Å²) in [5.41, 5.74) is 10.1. The van der Waals surface area contributed by atoms with E-state index in [1.165, 1.54) is 0 Å². The lowest BCUT2D eigenvalue weighted by Crippen LogP contribution is -2.50. The summed E-state index contributed by atoms with van der Waals surface area (Å²) in [6.45, 7) is 2.30. The molecule has 0 bridgehead atoms. The Kier molecular flexibility index (Phi) is 5.10. The number of nitrogens with one attached hydrogen (secondary N) is 1. The lowest BCUT2D eigenvalue weighted by atomic mass is 9.70. The van der Waals surface area contributed by atoms with Gasteiger partial charge in [0.05, 0.1) is 12.0 Å². The van der Waals surface area contributed by atoms with Crippen molar-refractivity contribution in [3.63, 3.8) is 0 Å². The molecule has 104 valence electrons. The molecule has 0 saturated heterocycles. The molecule has 1 aliphatic rings. The summed E-state index contributed by atoms with van der Waals surface area (Å²) in [4.78, 5) is 22.8. The molecular formula is C12H23N3O3. The van der Waals surface area contributed by atoms with Crippen molar-refractivity contribution in [3.8, 4) is 0 Å². The molecule has 6 N–H and O–H groups in total. The van der Waals surface area contributed by atoms with Crippen molar-refractivity contribution in [2.24, 2.45) is 22.8 Å². The third-order valence-electron chi connectivity index (χ3n) is 3.89. The van der Waals surface area contributed by atoms with Crippen molar-refractivity contribution in [2.75, 3.05) is 13.1 Å². The van der Waals surface area contributed by atoms with E-state index in [1.54, 1.807) is 0 Å². The van der Waals surface area contributed by atoms with Crippen LogP contribution in [-0.4, -0.2) is 36.1 Å². The van der Waals surface area contributed by atoms with Gasteiger partial charge in [0.15, 0.2) is 0 Å². The summed E-state index contributed by atoms with van der Waals surface area (Å²) < 4.78 is 0. The van der Waals surface area contributed by atoms with E-state index in [1.807, 2.05) is 0 Å². The number of aliphatic hydroxyl groups excluding tert-OH is 1. The molecule has 0 aromatic heterocycles. The molecule has 1 atom stereocenters. The molecule has 1 aliphatic carbocycles. The number of nitrogens with two attached hydrogens (primary N) is 2. The number of hydrogen-bond acceptors (Lipinski definition) is 4. The topological polar surface area (TPSA) is 118 Å². The summed E-state index contributed by atoms with van der Waals surface area (Å²) in [5, 5.41) is 11.8. The fraction of sp³-hybridized carbons (Fsp3) is 0.833. The normalized spacial score (nSPS) is 29.6. The van der Waals surface area contributed by atoms with Crippen LogP contribution >= 0.6 is 0 Å². The molecule has 2 amide bonds. The van der Waals surface area contributed by atoms with Gasteiger partial charge in [0, 0.05) is 6.54 Å². The average molecular weight is 257 g/mol. The summed E-state index contributed by atoms with van der Waals surface area (Å²) in [6, 6.07) is 0. The Bertz CT molecular complexity index is 312. The summed E-state index contributed by atoms with van der Waals surface area (Å²) in [7, 11) is 0. The molecule has 6 nitrogen and oxygen atoms in total. The van der Waals surface area contributed by atoms with Crippen LogP contribution in [-0.2, 0) is 9.59 Å². The fourth-order valence-corrected chi connectivity index (χ4v) is 2.32. The molecule has 1 rings (SSSR count). The number of primary amides is 1. The molecule has 0 radical (unpaired) electrons. The van der Waals surface area contributed by atoms with Crippen molar-refractivity contribution >= 4 is 11.8 Å². The van der Waals surface area contributed by atoms with Gasteiger partial charge in [-0.05, 0) is 31.6 Å². The van der Waals surface area contributed by atoms with E-state index >= 15 is 0 Å². The van der Waals surface area contributed by atoms with Gasteiger partial charge in [0.1, 0.15) is 6.10 Å². The van der Waals surface area contributed by atoms with Gasteiger partial charge in [-0.15, -0.1) is 0 Å². The van der Waals surface area contributed by atoms with Crippen LogP contribution < -0.4 is 16.8 Å². The first kappa shape index (κ1) is 14.9. The maximum Gasteiger partial charge on any atom is 0.248 e. The minimum Gasteiger partial charge on any atom is -0.381 e. The number of hydrogen-bond donors (Lipinski definition) is 4. The second kappa shape index (κ2) is 6.15. The highest BCUT2D eigenvalue weighted by molar-refractivity contribution is 5.84. The Morgan fingerprint density at radius 1 is 1.44 bits per heavy atom. The zero-order valence-corrected chi connectivity index (χ0v) is 10.8. The molecule has 1 fully saturated rings. The Balaban J connectivity index is 2.55. The summed E-state index contributed by atoms with van der Waals surface area (Å²) >= 11 is 0. The highest BCUT2D eigenvalue weighted by Gasteiger charge is 2.39. The van der Waals surface area contributed by atoms with E-state index in [0.29, 0.717) is 5.92 Å². The van der Waals surface area contributed by atoms with Crippen LogP contribution in [0, 0.1) is 11.3 Å². The molecule has 1 saturated carbocycles. The minimum atomic E-state index is -1.34. The smallest absolute Gasteiger partial charge is 0.248 e. The quantitative estimate of drug-likeness (QED) is 0.510. The van der Waals surface area contributed by atoms with E-state index in [4.69, 9.17) is 11.5 Å². The Labute approximate surface area is 107 Å². The second-order valence-electron chi connectivity index (χ2n) is 5.30. The molecule has 0 aromatic carbocycles. The minimum absolute atomic E-state index is 0.147. The maximum absolute atomic E-state index is 12.1. The summed E-state index contributed by atoms with van der Waals surface area (Å²) in [6.07, 6.45) is 2.12. The zero-order valence-electron chi connectivity index (χ0n) is 10.8. The van der Waals surface area contributed by atoms with Gasteiger partial charge in [0.2, 0.25) is 11.8 Å².